The van der Waals surface area contributed by atoms with Crippen LogP contribution in [0.5, 0.6) is 0 Å². The van der Waals surface area contributed by atoms with Crippen molar-refractivity contribution in [3.8, 4) is 0 Å². The molecule has 1 N–H and O–H groups in total. The number of H-pyrrole nitrogens is 1. The molecule has 1 aliphatic heterocycles. The van der Waals surface area contributed by atoms with E-state index in [9.17, 15) is 9.59 Å². The van der Waals surface area contributed by atoms with E-state index in [1.54, 1.807) is 11.1 Å². The van der Waals surface area contributed by atoms with Gasteiger partial charge in [0.15, 0.2) is 0 Å². The Kier molecular flexibility index (Phi) is 2.44. The van der Waals surface area contributed by atoms with Gasteiger partial charge in [0, 0.05) is 25.0 Å². The van der Waals surface area contributed by atoms with E-state index in [0.717, 1.165) is 11.3 Å². The lowest BCUT2D eigenvalue weighted by molar-refractivity contribution is 0.0750. The van der Waals surface area contributed by atoms with Gasteiger partial charge >= 0.3 is 0 Å². The summed E-state index contributed by atoms with van der Waals surface area (Å²) in [5.74, 6) is -0.0933. The molecule has 0 saturated heterocycles. The summed E-state index contributed by atoms with van der Waals surface area (Å²) >= 11 is 0. The molecule has 0 spiro atoms. The Hall–Kier alpha value is -2.43. The number of hydrogen-bond donors (Lipinski definition) is 1. The van der Waals surface area contributed by atoms with Crippen LogP contribution in [0, 0.1) is 0 Å². The maximum atomic E-state index is 12.2. The number of aromatic amines is 1. The molecule has 3 heterocycles. The Balaban J connectivity index is 1.84. The van der Waals surface area contributed by atoms with Crippen LogP contribution in [0.25, 0.3) is 0 Å². The van der Waals surface area contributed by atoms with Gasteiger partial charge in [-0.1, -0.05) is 6.07 Å². The van der Waals surface area contributed by atoms with Crippen molar-refractivity contribution in [1.82, 2.24) is 14.9 Å². The lowest BCUT2D eigenvalue weighted by Crippen LogP contribution is -2.26. The Morgan fingerprint density at radius 3 is 2.89 bits per heavy atom. The van der Waals surface area contributed by atoms with Gasteiger partial charge in [0.1, 0.15) is 0 Å². The fourth-order valence-corrected chi connectivity index (χ4v) is 2.07. The monoisotopic (exact) mass is 241 g/mol. The Morgan fingerprint density at radius 1 is 1.28 bits per heavy atom. The van der Waals surface area contributed by atoms with Crippen LogP contribution in [0.3, 0.4) is 0 Å². The zero-order chi connectivity index (χ0) is 12.5. The molecule has 0 aromatic carbocycles. The number of carbonyl (C=O) groups is 1. The van der Waals surface area contributed by atoms with Crippen molar-refractivity contribution in [2.75, 3.05) is 0 Å². The van der Waals surface area contributed by atoms with Gasteiger partial charge in [0.05, 0.1) is 17.8 Å². The number of amides is 1. The summed E-state index contributed by atoms with van der Waals surface area (Å²) in [5, 5.41) is 0. The van der Waals surface area contributed by atoms with E-state index < -0.39 is 0 Å². The molecule has 90 valence electrons. The first-order chi connectivity index (χ1) is 8.74. The fraction of sp³-hybridized carbons (Fsp3) is 0.154. The molecule has 3 rings (SSSR count). The van der Waals surface area contributed by atoms with Gasteiger partial charge in [-0.3, -0.25) is 14.6 Å². The minimum atomic E-state index is -0.210. The molecule has 0 radical (unpaired) electrons. The van der Waals surface area contributed by atoms with Crippen LogP contribution < -0.4 is 5.56 Å². The minimum absolute atomic E-state index is 0.0933. The molecule has 0 aliphatic carbocycles. The summed E-state index contributed by atoms with van der Waals surface area (Å²) in [6.07, 6.45) is 3.17. The van der Waals surface area contributed by atoms with Crippen LogP contribution >= 0.6 is 0 Å². The van der Waals surface area contributed by atoms with Crippen molar-refractivity contribution in [1.29, 1.82) is 0 Å². The molecular formula is C13H11N3O2. The highest BCUT2D eigenvalue weighted by molar-refractivity contribution is 5.94. The maximum absolute atomic E-state index is 12.2. The highest BCUT2D eigenvalue weighted by Crippen LogP contribution is 2.21. The average Bonchev–Trinajstić information content (AvgIpc) is 2.82. The van der Waals surface area contributed by atoms with Crippen molar-refractivity contribution in [2.45, 2.75) is 13.1 Å². The van der Waals surface area contributed by atoms with Gasteiger partial charge in [0.25, 0.3) is 5.91 Å². The number of nitrogens with zero attached hydrogens (tertiary/aromatic N) is 2. The smallest absolute Gasteiger partial charge is 0.255 e. The summed E-state index contributed by atoms with van der Waals surface area (Å²) in [7, 11) is 0. The molecule has 5 nitrogen and oxygen atoms in total. The molecule has 0 saturated carbocycles. The second-order valence-corrected chi connectivity index (χ2v) is 4.21. The third kappa shape index (κ3) is 1.79. The summed E-state index contributed by atoms with van der Waals surface area (Å²) in [6.45, 7) is 1.09. The third-order valence-electron chi connectivity index (χ3n) is 3.00. The Labute approximate surface area is 103 Å². The van der Waals surface area contributed by atoms with Gasteiger partial charge in [0.2, 0.25) is 5.56 Å². The first-order valence-corrected chi connectivity index (χ1v) is 5.65. The average molecular weight is 241 g/mol. The molecule has 2 aromatic heterocycles. The Morgan fingerprint density at radius 2 is 2.17 bits per heavy atom. The predicted octanol–water partition coefficient (Wildman–Crippen LogP) is 0.926. The molecule has 0 unspecified atom stereocenters. The number of nitrogens with one attached hydrogen (secondary N) is 1. The SMILES string of the molecule is O=C(c1ccc(=O)[nH]c1)N1Cc2cccnc2C1. The van der Waals surface area contributed by atoms with Crippen molar-refractivity contribution in [3.05, 3.63) is 63.8 Å². The van der Waals surface area contributed by atoms with Gasteiger partial charge in [-0.05, 0) is 17.7 Å². The van der Waals surface area contributed by atoms with Crippen molar-refractivity contribution in [3.63, 3.8) is 0 Å². The van der Waals surface area contributed by atoms with E-state index in [-0.39, 0.29) is 11.5 Å². The van der Waals surface area contributed by atoms with Crippen LogP contribution in [0.2, 0.25) is 0 Å². The lowest BCUT2D eigenvalue weighted by atomic mass is 10.2. The molecule has 0 bridgehead atoms. The number of pyridine rings is 2. The van der Waals surface area contributed by atoms with Crippen molar-refractivity contribution in [2.24, 2.45) is 0 Å². The molecule has 1 aliphatic rings. The maximum Gasteiger partial charge on any atom is 0.255 e. The molecule has 18 heavy (non-hydrogen) atoms. The first-order valence-electron chi connectivity index (χ1n) is 5.65. The molecule has 2 aromatic rings. The van der Waals surface area contributed by atoms with Crippen LogP contribution in [0.1, 0.15) is 21.6 Å². The van der Waals surface area contributed by atoms with Gasteiger partial charge in [-0.15, -0.1) is 0 Å². The van der Waals surface area contributed by atoms with Gasteiger partial charge in [-0.25, -0.2) is 0 Å². The summed E-state index contributed by atoms with van der Waals surface area (Å²) < 4.78 is 0. The Bertz CT molecular complexity index is 618. The largest absolute Gasteiger partial charge is 0.328 e. The summed E-state index contributed by atoms with van der Waals surface area (Å²) in [4.78, 5) is 31.6. The lowest BCUT2D eigenvalue weighted by Gasteiger charge is -2.14. The predicted molar refractivity (Wildman–Crippen MR) is 64.9 cm³/mol. The van der Waals surface area contributed by atoms with E-state index in [1.807, 2.05) is 12.1 Å². The van der Waals surface area contributed by atoms with E-state index in [0.29, 0.717) is 18.7 Å². The molecular weight excluding hydrogens is 230 g/mol. The molecule has 5 heteroatoms. The van der Waals surface area contributed by atoms with Crippen molar-refractivity contribution >= 4 is 5.91 Å². The second-order valence-electron chi connectivity index (χ2n) is 4.21. The summed E-state index contributed by atoms with van der Waals surface area (Å²) in [5.41, 5.74) is 2.30. The summed E-state index contributed by atoms with van der Waals surface area (Å²) in [6, 6.07) is 6.74. The highest BCUT2D eigenvalue weighted by atomic mass is 16.2. The van der Waals surface area contributed by atoms with Gasteiger partial charge < -0.3 is 9.88 Å². The van der Waals surface area contributed by atoms with Crippen LogP contribution in [-0.2, 0) is 13.1 Å². The van der Waals surface area contributed by atoms with Crippen LogP contribution in [0.15, 0.2) is 41.5 Å². The topological polar surface area (TPSA) is 66.1 Å². The van der Waals surface area contributed by atoms with E-state index in [2.05, 4.69) is 9.97 Å². The van der Waals surface area contributed by atoms with E-state index in [1.165, 1.54) is 18.3 Å². The number of carbonyl (C=O) groups excluding carboxylic acids is 1. The number of fused-ring (bicyclic) bond motifs is 1. The number of hydrogen-bond acceptors (Lipinski definition) is 3. The zero-order valence-corrected chi connectivity index (χ0v) is 9.59. The number of aromatic nitrogens is 2. The van der Waals surface area contributed by atoms with E-state index in [4.69, 9.17) is 0 Å². The third-order valence-corrected chi connectivity index (χ3v) is 3.00. The quantitative estimate of drug-likeness (QED) is 0.807. The molecule has 0 atom stereocenters. The standard InChI is InChI=1S/C13H11N3O2/c17-12-4-3-9(6-15-12)13(18)16-7-10-2-1-5-14-11(10)8-16/h1-6H,7-8H2,(H,15,17). The molecule has 0 fully saturated rings. The zero-order valence-electron chi connectivity index (χ0n) is 9.59. The fourth-order valence-electron chi connectivity index (χ4n) is 2.07. The minimum Gasteiger partial charge on any atom is -0.328 e. The first kappa shape index (κ1) is 10.7. The number of rotatable bonds is 1. The second kappa shape index (κ2) is 4.10. The van der Waals surface area contributed by atoms with Crippen molar-refractivity contribution < 1.29 is 4.79 Å². The van der Waals surface area contributed by atoms with E-state index >= 15 is 0 Å². The molecule has 1 amide bonds. The van der Waals surface area contributed by atoms with Crippen LogP contribution in [-0.4, -0.2) is 20.8 Å². The van der Waals surface area contributed by atoms with Gasteiger partial charge in [-0.2, -0.15) is 0 Å². The van der Waals surface area contributed by atoms with Crippen LogP contribution in [0.4, 0.5) is 0 Å². The highest BCUT2D eigenvalue weighted by Gasteiger charge is 2.24. The normalized spacial score (nSPS) is 13.4.